The Hall–Kier alpha value is -0.790. The van der Waals surface area contributed by atoms with Crippen LogP contribution in [0.2, 0.25) is 0 Å². The predicted molar refractivity (Wildman–Crippen MR) is 59.1 cm³/mol. The molecule has 0 aromatic carbocycles. The molecule has 2 fully saturated rings. The highest BCUT2D eigenvalue weighted by Crippen LogP contribution is 2.61. The molecule has 0 heterocycles. The summed E-state index contributed by atoms with van der Waals surface area (Å²) in [7, 11) is 0. The van der Waals surface area contributed by atoms with E-state index in [1.165, 1.54) is 24.3 Å². The molecule has 0 saturated heterocycles. The van der Waals surface area contributed by atoms with Gasteiger partial charge in [-0.05, 0) is 38.0 Å². The van der Waals surface area contributed by atoms with Crippen molar-refractivity contribution in [3.05, 3.63) is 18.1 Å². The highest BCUT2D eigenvalue weighted by Gasteiger charge is 2.52. The Morgan fingerprint density at radius 2 is 2.40 bits per heavy atom. The number of esters is 1. The molecule has 83 valence electrons. The Bertz CT molecular complexity index is 295. The van der Waals surface area contributed by atoms with E-state index in [0.29, 0.717) is 18.9 Å². The fourth-order valence-corrected chi connectivity index (χ4v) is 3.07. The van der Waals surface area contributed by atoms with E-state index in [9.17, 15) is 4.79 Å². The smallest absolute Gasteiger partial charge is 0.306 e. The SMILES string of the molecule is C=C1C2CC[C](C2)C1(C)CC(=O)OCC. The molecule has 2 heteroatoms. The van der Waals surface area contributed by atoms with Gasteiger partial charge in [-0.3, -0.25) is 4.79 Å². The molecular formula is C13H19O2. The molecule has 2 aliphatic rings. The van der Waals surface area contributed by atoms with Gasteiger partial charge >= 0.3 is 5.97 Å². The third kappa shape index (κ3) is 1.60. The van der Waals surface area contributed by atoms with Gasteiger partial charge in [-0.25, -0.2) is 0 Å². The van der Waals surface area contributed by atoms with Crippen LogP contribution in [0.4, 0.5) is 0 Å². The van der Waals surface area contributed by atoms with Gasteiger partial charge in [0.25, 0.3) is 0 Å². The standard InChI is InChI=1S/C13H19O2/c1-4-15-12(14)8-13(3)9(2)10-5-6-11(13)7-10/h10H,2,4-8H2,1,3H3. The number of rotatable bonds is 3. The Morgan fingerprint density at radius 3 is 2.93 bits per heavy atom. The fourth-order valence-electron chi connectivity index (χ4n) is 3.07. The van der Waals surface area contributed by atoms with Gasteiger partial charge in [0.2, 0.25) is 0 Å². The van der Waals surface area contributed by atoms with E-state index in [1.807, 2.05) is 6.92 Å². The van der Waals surface area contributed by atoms with Crippen LogP contribution in [-0.2, 0) is 9.53 Å². The Kier molecular flexibility index (Phi) is 2.61. The lowest BCUT2D eigenvalue weighted by Gasteiger charge is -2.34. The van der Waals surface area contributed by atoms with E-state index in [2.05, 4.69) is 13.5 Å². The van der Waals surface area contributed by atoms with Gasteiger partial charge in [0.15, 0.2) is 0 Å². The topological polar surface area (TPSA) is 26.3 Å². The summed E-state index contributed by atoms with van der Waals surface area (Å²) in [6.45, 7) is 8.65. The minimum Gasteiger partial charge on any atom is -0.466 e. The molecule has 2 bridgehead atoms. The molecule has 0 N–H and O–H groups in total. The van der Waals surface area contributed by atoms with Crippen LogP contribution in [0.15, 0.2) is 12.2 Å². The summed E-state index contributed by atoms with van der Waals surface area (Å²) in [6, 6.07) is 0. The summed E-state index contributed by atoms with van der Waals surface area (Å²) >= 11 is 0. The second-order valence-corrected chi connectivity index (χ2v) is 4.88. The highest BCUT2D eigenvalue weighted by atomic mass is 16.5. The zero-order chi connectivity index (χ0) is 11.1. The van der Waals surface area contributed by atoms with Crippen LogP contribution in [0.25, 0.3) is 0 Å². The maximum atomic E-state index is 11.5. The summed E-state index contributed by atoms with van der Waals surface area (Å²) < 4.78 is 5.03. The summed E-state index contributed by atoms with van der Waals surface area (Å²) in [6.07, 6.45) is 4.08. The van der Waals surface area contributed by atoms with Crippen LogP contribution in [-0.4, -0.2) is 12.6 Å². The lowest BCUT2D eigenvalue weighted by Crippen LogP contribution is -2.28. The number of ether oxygens (including phenoxy) is 1. The van der Waals surface area contributed by atoms with E-state index in [0.717, 1.165) is 6.42 Å². The average Bonchev–Trinajstić information content (AvgIpc) is 2.71. The van der Waals surface area contributed by atoms with Crippen molar-refractivity contribution in [2.45, 2.75) is 39.5 Å². The van der Waals surface area contributed by atoms with Crippen LogP contribution in [0.1, 0.15) is 39.5 Å². The second-order valence-electron chi connectivity index (χ2n) is 4.88. The van der Waals surface area contributed by atoms with Crippen molar-refractivity contribution < 1.29 is 9.53 Å². The van der Waals surface area contributed by atoms with Gasteiger partial charge in [0.1, 0.15) is 0 Å². The minimum absolute atomic E-state index is 0.0603. The van der Waals surface area contributed by atoms with Crippen molar-refractivity contribution in [3.63, 3.8) is 0 Å². The lowest BCUT2D eigenvalue weighted by molar-refractivity contribution is -0.144. The third-order valence-electron chi connectivity index (χ3n) is 4.07. The largest absolute Gasteiger partial charge is 0.466 e. The summed E-state index contributed by atoms with van der Waals surface area (Å²) in [5.74, 6) is 2.08. The summed E-state index contributed by atoms with van der Waals surface area (Å²) in [4.78, 5) is 11.5. The van der Waals surface area contributed by atoms with Gasteiger partial charge in [-0.15, -0.1) is 0 Å². The molecule has 1 radical (unpaired) electrons. The van der Waals surface area contributed by atoms with Crippen molar-refractivity contribution in [3.8, 4) is 0 Å². The number of hydrogen-bond acceptors (Lipinski definition) is 2. The molecule has 2 saturated carbocycles. The van der Waals surface area contributed by atoms with Crippen molar-refractivity contribution in [2.24, 2.45) is 11.3 Å². The normalized spacial score (nSPS) is 34.8. The summed E-state index contributed by atoms with van der Waals surface area (Å²) in [5.41, 5.74) is 1.20. The molecule has 0 aromatic rings. The number of fused-ring (bicyclic) bond motifs is 2. The van der Waals surface area contributed by atoms with Gasteiger partial charge in [0.05, 0.1) is 13.0 Å². The van der Waals surface area contributed by atoms with Crippen LogP contribution in [0.5, 0.6) is 0 Å². The Balaban J connectivity index is 2.07. The van der Waals surface area contributed by atoms with E-state index >= 15 is 0 Å². The van der Waals surface area contributed by atoms with E-state index in [4.69, 9.17) is 4.74 Å². The average molecular weight is 207 g/mol. The quantitative estimate of drug-likeness (QED) is 0.525. The van der Waals surface area contributed by atoms with Gasteiger partial charge < -0.3 is 4.74 Å². The molecule has 0 spiro atoms. The molecular weight excluding hydrogens is 188 g/mol. The molecule has 0 amide bonds. The van der Waals surface area contributed by atoms with Gasteiger partial charge in [-0.1, -0.05) is 19.1 Å². The third-order valence-corrected chi connectivity index (χ3v) is 4.07. The van der Waals surface area contributed by atoms with Crippen molar-refractivity contribution >= 4 is 5.97 Å². The zero-order valence-corrected chi connectivity index (χ0v) is 9.64. The maximum absolute atomic E-state index is 11.5. The van der Waals surface area contributed by atoms with Gasteiger partial charge in [0, 0.05) is 5.41 Å². The number of allylic oxidation sites excluding steroid dienone is 1. The van der Waals surface area contributed by atoms with Crippen molar-refractivity contribution in [2.75, 3.05) is 6.61 Å². The molecule has 0 aromatic heterocycles. The van der Waals surface area contributed by atoms with Gasteiger partial charge in [-0.2, -0.15) is 0 Å². The van der Waals surface area contributed by atoms with Crippen molar-refractivity contribution in [1.82, 2.24) is 0 Å². The first-order valence-electron chi connectivity index (χ1n) is 5.78. The number of carbonyl (C=O) groups excluding carboxylic acids is 1. The minimum atomic E-state index is -0.0822. The highest BCUT2D eigenvalue weighted by molar-refractivity contribution is 5.72. The fraction of sp³-hybridized carbons (Fsp3) is 0.692. The zero-order valence-electron chi connectivity index (χ0n) is 9.64. The number of carbonyl (C=O) groups is 1. The van der Waals surface area contributed by atoms with E-state index < -0.39 is 0 Å². The molecule has 15 heavy (non-hydrogen) atoms. The molecule has 2 unspecified atom stereocenters. The lowest BCUT2D eigenvalue weighted by atomic mass is 9.70. The second kappa shape index (κ2) is 3.66. The Morgan fingerprint density at radius 1 is 1.67 bits per heavy atom. The van der Waals surface area contributed by atoms with Crippen LogP contribution < -0.4 is 0 Å². The first-order valence-corrected chi connectivity index (χ1v) is 5.78. The van der Waals surface area contributed by atoms with Crippen molar-refractivity contribution in [1.29, 1.82) is 0 Å². The van der Waals surface area contributed by atoms with E-state index in [-0.39, 0.29) is 11.4 Å². The van der Waals surface area contributed by atoms with Crippen LogP contribution >= 0.6 is 0 Å². The summed E-state index contributed by atoms with van der Waals surface area (Å²) in [5, 5.41) is 0. The predicted octanol–water partition coefficient (Wildman–Crippen LogP) is 2.89. The molecule has 2 aliphatic carbocycles. The first-order chi connectivity index (χ1) is 7.08. The Labute approximate surface area is 91.7 Å². The molecule has 2 nitrogen and oxygen atoms in total. The molecule has 0 aliphatic heterocycles. The molecule has 2 atom stereocenters. The number of hydrogen-bond donors (Lipinski definition) is 0. The van der Waals surface area contributed by atoms with E-state index in [1.54, 1.807) is 0 Å². The monoisotopic (exact) mass is 207 g/mol. The van der Waals surface area contributed by atoms with Crippen LogP contribution in [0, 0.1) is 17.3 Å². The van der Waals surface area contributed by atoms with Crippen LogP contribution in [0.3, 0.4) is 0 Å². The first kappa shape index (κ1) is 10.7. The maximum Gasteiger partial charge on any atom is 0.306 e. The molecule has 2 rings (SSSR count).